The topological polar surface area (TPSA) is 86.7 Å². The molecular weight excluding hydrogens is 292 g/mol. The third kappa shape index (κ3) is 3.60. The molecule has 1 aliphatic rings. The van der Waals surface area contributed by atoms with Gasteiger partial charge in [0.2, 0.25) is 5.91 Å². The number of likely N-dealkylation sites (tertiary alicyclic amines) is 1. The number of carboxylic acids is 1. The summed E-state index contributed by atoms with van der Waals surface area (Å²) in [4.78, 5) is 37.2. The average molecular weight is 310 g/mol. The van der Waals surface area contributed by atoms with Gasteiger partial charge >= 0.3 is 5.97 Å². The molecule has 1 atom stereocenters. The molecule has 21 heavy (non-hydrogen) atoms. The van der Waals surface area contributed by atoms with Crippen LogP contribution < -0.4 is 5.32 Å². The minimum absolute atomic E-state index is 0.105. The van der Waals surface area contributed by atoms with Crippen molar-refractivity contribution in [3.8, 4) is 0 Å². The molecule has 0 saturated carbocycles. The smallest absolute Gasteiger partial charge is 0.311 e. The molecule has 2 N–H and O–H groups in total. The molecule has 6 nitrogen and oxygen atoms in total. The fraction of sp³-hybridized carbons (Fsp3) is 0.500. The number of amides is 2. The number of aliphatic carboxylic acids is 1. The molecule has 1 saturated heterocycles. The van der Waals surface area contributed by atoms with Gasteiger partial charge in [-0.1, -0.05) is 6.07 Å². The van der Waals surface area contributed by atoms with Crippen molar-refractivity contribution < 1.29 is 19.5 Å². The van der Waals surface area contributed by atoms with E-state index in [0.717, 1.165) is 0 Å². The molecule has 0 aromatic carbocycles. The van der Waals surface area contributed by atoms with Crippen LogP contribution in [-0.2, 0) is 9.59 Å². The molecule has 1 aromatic rings. The maximum absolute atomic E-state index is 12.1. The van der Waals surface area contributed by atoms with E-state index in [1.54, 1.807) is 24.4 Å². The minimum atomic E-state index is -0.897. The van der Waals surface area contributed by atoms with E-state index >= 15 is 0 Å². The highest BCUT2D eigenvalue weighted by Gasteiger charge is 2.39. The molecule has 2 heterocycles. The highest BCUT2D eigenvalue weighted by Crippen LogP contribution is 2.29. The van der Waals surface area contributed by atoms with Crippen molar-refractivity contribution in [1.82, 2.24) is 10.2 Å². The molecule has 1 unspecified atom stereocenters. The summed E-state index contributed by atoms with van der Waals surface area (Å²) >= 11 is 1.31. The van der Waals surface area contributed by atoms with Crippen LogP contribution in [0.3, 0.4) is 0 Å². The zero-order valence-corrected chi connectivity index (χ0v) is 12.6. The molecule has 0 spiro atoms. The first-order valence-corrected chi connectivity index (χ1v) is 7.63. The Bertz CT molecular complexity index is 543. The zero-order valence-electron chi connectivity index (χ0n) is 11.8. The summed E-state index contributed by atoms with van der Waals surface area (Å²) in [5, 5.41) is 13.6. The van der Waals surface area contributed by atoms with E-state index in [1.807, 2.05) is 0 Å². The lowest BCUT2D eigenvalue weighted by Crippen LogP contribution is -2.50. The Hall–Kier alpha value is -1.89. The molecule has 1 fully saturated rings. The largest absolute Gasteiger partial charge is 0.481 e. The standard InChI is InChI=1S/C14H18N2O4S/c1-14(13(19)20)5-3-6-16(9-14)11(17)8-15-12(18)10-4-2-7-21-10/h2,4,7H,3,5-6,8-9H2,1H3,(H,15,18)(H,19,20). The van der Waals surface area contributed by atoms with Crippen LogP contribution in [0.4, 0.5) is 0 Å². The first-order chi connectivity index (χ1) is 9.92. The number of thiophene rings is 1. The van der Waals surface area contributed by atoms with Gasteiger partial charge in [-0.3, -0.25) is 14.4 Å². The number of carbonyl (C=O) groups excluding carboxylic acids is 2. The number of carboxylic acid groups (broad SMARTS) is 1. The van der Waals surface area contributed by atoms with Gasteiger partial charge in [0.1, 0.15) is 0 Å². The quantitative estimate of drug-likeness (QED) is 0.874. The van der Waals surface area contributed by atoms with Gasteiger partial charge in [-0.05, 0) is 31.2 Å². The summed E-state index contributed by atoms with van der Waals surface area (Å²) in [5.74, 6) is -1.41. The molecule has 0 aliphatic carbocycles. The lowest BCUT2D eigenvalue weighted by molar-refractivity contribution is -0.153. The molecule has 1 aliphatic heterocycles. The lowest BCUT2D eigenvalue weighted by atomic mass is 9.82. The fourth-order valence-corrected chi connectivity index (χ4v) is 3.03. The Morgan fingerprint density at radius 1 is 1.48 bits per heavy atom. The van der Waals surface area contributed by atoms with Crippen LogP contribution in [0.5, 0.6) is 0 Å². The highest BCUT2D eigenvalue weighted by atomic mass is 32.1. The number of nitrogens with zero attached hydrogens (tertiary/aromatic N) is 1. The van der Waals surface area contributed by atoms with Gasteiger partial charge in [-0.2, -0.15) is 0 Å². The second kappa shape index (κ2) is 6.26. The summed E-state index contributed by atoms with van der Waals surface area (Å²) in [6.45, 7) is 2.28. The van der Waals surface area contributed by atoms with Gasteiger partial charge in [0, 0.05) is 13.1 Å². The van der Waals surface area contributed by atoms with Crippen molar-refractivity contribution in [2.75, 3.05) is 19.6 Å². The van der Waals surface area contributed by atoms with Crippen molar-refractivity contribution in [1.29, 1.82) is 0 Å². The maximum atomic E-state index is 12.1. The second-order valence-corrected chi connectivity index (χ2v) is 6.39. The van der Waals surface area contributed by atoms with Gasteiger partial charge in [-0.15, -0.1) is 11.3 Å². The Morgan fingerprint density at radius 2 is 2.24 bits per heavy atom. The van der Waals surface area contributed by atoms with E-state index in [1.165, 1.54) is 16.2 Å². The SMILES string of the molecule is CC1(C(=O)O)CCCN(C(=O)CNC(=O)c2cccs2)C1. The number of nitrogens with one attached hydrogen (secondary N) is 1. The second-order valence-electron chi connectivity index (χ2n) is 5.44. The molecule has 114 valence electrons. The predicted octanol–water partition coefficient (Wildman–Crippen LogP) is 1.19. The number of rotatable bonds is 4. The molecule has 7 heteroatoms. The van der Waals surface area contributed by atoms with E-state index in [9.17, 15) is 19.5 Å². The van der Waals surface area contributed by atoms with Crippen LogP contribution >= 0.6 is 11.3 Å². The number of carbonyl (C=O) groups is 3. The van der Waals surface area contributed by atoms with Gasteiger partial charge < -0.3 is 15.3 Å². The summed E-state index contributed by atoms with van der Waals surface area (Å²) in [6, 6.07) is 3.46. The van der Waals surface area contributed by atoms with Crippen LogP contribution in [-0.4, -0.2) is 47.4 Å². The monoisotopic (exact) mass is 310 g/mol. The van der Waals surface area contributed by atoms with Crippen LogP contribution in [0.15, 0.2) is 17.5 Å². The third-order valence-corrected chi connectivity index (χ3v) is 4.58. The maximum Gasteiger partial charge on any atom is 0.311 e. The first-order valence-electron chi connectivity index (χ1n) is 6.75. The van der Waals surface area contributed by atoms with Crippen molar-refractivity contribution in [3.63, 3.8) is 0 Å². The third-order valence-electron chi connectivity index (χ3n) is 3.71. The molecule has 1 aromatic heterocycles. The highest BCUT2D eigenvalue weighted by molar-refractivity contribution is 7.12. The summed E-state index contributed by atoms with van der Waals surface area (Å²) in [7, 11) is 0. The lowest BCUT2D eigenvalue weighted by Gasteiger charge is -2.37. The van der Waals surface area contributed by atoms with E-state index < -0.39 is 11.4 Å². The van der Waals surface area contributed by atoms with Gasteiger partial charge in [0.15, 0.2) is 0 Å². The predicted molar refractivity (Wildman–Crippen MR) is 78.2 cm³/mol. The zero-order chi connectivity index (χ0) is 15.5. The van der Waals surface area contributed by atoms with E-state index in [-0.39, 0.29) is 24.9 Å². The summed E-state index contributed by atoms with van der Waals surface area (Å²) in [5.41, 5.74) is -0.897. The normalized spacial score (nSPS) is 21.9. The van der Waals surface area contributed by atoms with Gasteiger partial charge in [0.05, 0.1) is 16.8 Å². The molecule has 0 radical (unpaired) electrons. The Kier molecular flexibility index (Phi) is 4.62. The van der Waals surface area contributed by atoms with Crippen LogP contribution in [0, 0.1) is 5.41 Å². The number of hydrogen-bond acceptors (Lipinski definition) is 4. The van der Waals surface area contributed by atoms with E-state index in [0.29, 0.717) is 24.3 Å². The molecule has 0 bridgehead atoms. The Morgan fingerprint density at radius 3 is 2.86 bits per heavy atom. The van der Waals surface area contributed by atoms with Gasteiger partial charge in [-0.25, -0.2) is 0 Å². The van der Waals surface area contributed by atoms with Crippen molar-refractivity contribution >= 4 is 29.1 Å². The van der Waals surface area contributed by atoms with Crippen molar-refractivity contribution in [3.05, 3.63) is 22.4 Å². The molecule has 2 rings (SSSR count). The average Bonchev–Trinajstić information content (AvgIpc) is 2.98. The number of hydrogen-bond donors (Lipinski definition) is 2. The van der Waals surface area contributed by atoms with Crippen molar-refractivity contribution in [2.45, 2.75) is 19.8 Å². The van der Waals surface area contributed by atoms with E-state index in [4.69, 9.17) is 0 Å². The van der Waals surface area contributed by atoms with E-state index in [2.05, 4.69) is 5.32 Å². The summed E-state index contributed by atoms with van der Waals surface area (Å²) in [6.07, 6.45) is 1.22. The molecule has 2 amide bonds. The van der Waals surface area contributed by atoms with Gasteiger partial charge in [0.25, 0.3) is 5.91 Å². The first kappa shape index (κ1) is 15.5. The number of piperidine rings is 1. The Labute approximate surface area is 126 Å². The molecular formula is C14H18N2O4S. The van der Waals surface area contributed by atoms with Crippen LogP contribution in [0.2, 0.25) is 0 Å². The fourth-order valence-electron chi connectivity index (χ4n) is 2.39. The summed E-state index contributed by atoms with van der Waals surface area (Å²) < 4.78 is 0. The van der Waals surface area contributed by atoms with Crippen molar-refractivity contribution in [2.24, 2.45) is 5.41 Å². The van der Waals surface area contributed by atoms with Crippen LogP contribution in [0.25, 0.3) is 0 Å². The van der Waals surface area contributed by atoms with Crippen LogP contribution in [0.1, 0.15) is 29.4 Å². The minimum Gasteiger partial charge on any atom is -0.481 e. The Balaban J connectivity index is 1.88.